The second-order valence-electron chi connectivity index (χ2n) is 7.83. The molecule has 1 amide bonds. The summed E-state index contributed by atoms with van der Waals surface area (Å²) < 4.78 is 28.4. The fourth-order valence-corrected chi connectivity index (χ4v) is 3.92. The summed E-state index contributed by atoms with van der Waals surface area (Å²) in [7, 11) is -3.22. The Balaban J connectivity index is 1.49. The maximum Gasteiger partial charge on any atom is 0.410 e. The van der Waals surface area contributed by atoms with Crippen LogP contribution in [-0.2, 0) is 14.6 Å². The average molecular weight is 433 g/mol. The summed E-state index contributed by atoms with van der Waals surface area (Å²) in [4.78, 5) is 22.8. The first-order valence-electron chi connectivity index (χ1n) is 10.0. The van der Waals surface area contributed by atoms with E-state index in [2.05, 4.69) is 15.3 Å². The molecule has 1 fully saturated rings. The number of amides is 1. The molecule has 3 rings (SSSR count). The van der Waals surface area contributed by atoms with Crippen molar-refractivity contribution < 1.29 is 17.9 Å². The van der Waals surface area contributed by atoms with Crippen molar-refractivity contribution >= 4 is 21.7 Å². The van der Waals surface area contributed by atoms with Crippen LogP contribution in [0.2, 0.25) is 0 Å². The Kier molecular flexibility index (Phi) is 6.91. The normalized spacial score (nSPS) is 15.3. The first-order valence-corrected chi connectivity index (χ1v) is 11.9. The van der Waals surface area contributed by atoms with Gasteiger partial charge >= 0.3 is 6.09 Å². The topological polar surface area (TPSA) is 101 Å². The molecule has 0 bridgehead atoms. The monoisotopic (exact) mass is 432 g/mol. The molecule has 1 aromatic heterocycles. The number of nitrogens with one attached hydrogen (secondary N) is 1. The van der Waals surface area contributed by atoms with Crippen molar-refractivity contribution in [2.24, 2.45) is 5.92 Å². The molecule has 2 aromatic rings. The highest BCUT2D eigenvalue weighted by Gasteiger charge is 2.24. The fourth-order valence-electron chi connectivity index (χ4n) is 3.29. The van der Waals surface area contributed by atoms with Gasteiger partial charge in [0.15, 0.2) is 9.84 Å². The van der Waals surface area contributed by atoms with Crippen molar-refractivity contribution in [1.82, 2.24) is 14.9 Å². The van der Waals surface area contributed by atoms with Gasteiger partial charge in [-0.1, -0.05) is 12.1 Å². The number of aromatic nitrogens is 2. The van der Waals surface area contributed by atoms with Gasteiger partial charge in [-0.15, -0.1) is 0 Å². The Bertz CT molecular complexity index is 952. The molecular weight excluding hydrogens is 404 g/mol. The van der Waals surface area contributed by atoms with Crippen molar-refractivity contribution in [1.29, 1.82) is 0 Å². The van der Waals surface area contributed by atoms with Crippen molar-refractivity contribution in [3.63, 3.8) is 0 Å². The molecule has 0 spiro atoms. The highest BCUT2D eigenvalue weighted by molar-refractivity contribution is 7.90. The van der Waals surface area contributed by atoms with E-state index in [1.165, 1.54) is 6.26 Å². The van der Waals surface area contributed by atoms with Gasteiger partial charge in [0.25, 0.3) is 0 Å². The molecule has 0 unspecified atom stereocenters. The lowest BCUT2D eigenvalue weighted by Gasteiger charge is -2.31. The third-order valence-electron chi connectivity index (χ3n) is 5.01. The number of carbonyl (C=O) groups excluding carboxylic acids is 1. The fraction of sp³-hybridized carbons (Fsp3) is 0.476. The number of hydrogen-bond donors (Lipinski definition) is 1. The van der Waals surface area contributed by atoms with E-state index in [0.717, 1.165) is 24.9 Å². The largest absolute Gasteiger partial charge is 0.447 e. The second kappa shape index (κ2) is 9.42. The summed E-state index contributed by atoms with van der Waals surface area (Å²) in [5, 5.41) is 3.31. The Labute approximate surface area is 177 Å². The summed E-state index contributed by atoms with van der Waals surface area (Å²) in [6, 6.07) is 6.60. The van der Waals surface area contributed by atoms with Crippen molar-refractivity contribution in [3.8, 4) is 11.3 Å². The van der Waals surface area contributed by atoms with Gasteiger partial charge in [-0.05, 0) is 44.7 Å². The van der Waals surface area contributed by atoms with Crippen LogP contribution in [0.15, 0.2) is 41.6 Å². The molecule has 1 saturated heterocycles. The lowest BCUT2D eigenvalue weighted by atomic mass is 9.97. The number of hydrogen-bond acceptors (Lipinski definition) is 7. The van der Waals surface area contributed by atoms with Crippen LogP contribution in [0.5, 0.6) is 0 Å². The molecule has 30 heavy (non-hydrogen) atoms. The molecule has 162 valence electrons. The maximum absolute atomic E-state index is 12.0. The number of carbonyl (C=O) groups is 1. The van der Waals surface area contributed by atoms with Crippen LogP contribution in [0.3, 0.4) is 0 Å². The second-order valence-corrected chi connectivity index (χ2v) is 9.84. The minimum Gasteiger partial charge on any atom is -0.447 e. The third kappa shape index (κ3) is 5.91. The molecule has 1 N–H and O–H groups in total. The van der Waals surface area contributed by atoms with Crippen LogP contribution in [0.4, 0.5) is 10.6 Å². The van der Waals surface area contributed by atoms with Gasteiger partial charge in [0.05, 0.1) is 29.1 Å². The third-order valence-corrected chi connectivity index (χ3v) is 6.14. The molecule has 1 aliphatic rings. The average Bonchev–Trinajstić information content (AvgIpc) is 2.72. The summed E-state index contributed by atoms with van der Waals surface area (Å²) in [6.07, 6.45) is 6.02. The Morgan fingerprint density at radius 3 is 2.37 bits per heavy atom. The molecule has 0 radical (unpaired) electrons. The molecular formula is C21H28N4O4S. The van der Waals surface area contributed by atoms with Crippen LogP contribution in [0, 0.1) is 5.92 Å². The maximum atomic E-state index is 12.0. The number of benzene rings is 1. The van der Waals surface area contributed by atoms with Crippen LogP contribution in [0.1, 0.15) is 26.7 Å². The van der Waals surface area contributed by atoms with E-state index in [0.29, 0.717) is 30.5 Å². The van der Waals surface area contributed by atoms with Crippen molar-refractivity contribution in [3.05, 3.63) is 36.7 Å². The minimum atomic E-state index is -3.22. The lowest BCUT2D eigenvalue weighted by Crippen LogP contribution is -2.41. The van der Waals surface area contributed by atoms with Gasteiger partial charge < -0.3 is 15.0 Å². The molecule has 2 heterocycles. The first kappa shape index (κ1) is 22.0. The van der Waals surface area contributed by atoms with Gasteiger partial charge in [-0.3, -0.25) is 4.98 Å². The van der Waals surface area contributed by atoms with Crippen LogP contribution in [-0.4, -0.2) is 61.4 Å². The summed E-state index contributed by atoms with van der Waals surface area (Å²) in [5.41, 5.74) is 1.49. The quantitative estimate of drug-likeness (QED) is 0.748. The van der Waals surface area contributed by atoms with E-state index < -0.39 is 9.84 Å². The van der Waals surface area contributed by atoms with E-state index in [1.807, 2.05) is 13.8 Å². The number of ether oxygens (including phenoxy) is 1. The van der Waals surface area contributed by atoms with Gasteiger partial charge in [0.2, 0.25) is 0 Å². The number of likely N-dealkylation sites (tertiary alicyclic amines) is 1. The zero-order chi connectivity index (χ0) is 21.7. The zero-order valence-corrected chi connectivity index (χ0v) is 18.4. The first-order chi connectivity index (χ1) is 14.2. The smallest absolute Gasteiger partial charge is 0.410 e. The number of nitrogens with zero attached hydrogens (tertiary/aromatic N) is 3. The Hall–Kier alpha value is -2.68. The van der Waals surface area contributed by atoms with Crippen LogP contribution < -0.4 is 5.32 Å². The van der Waals surface area contributed by atoms with Crippen molar-refractivity contribution in [2.45, 2.75) is 37.7 Å². The van der Waals surface area contributed by atoms with E-state index in [1.54, 1.807) is 41.6 Å². The molecule has 0 saturated carbocycles. The number of sulfone groups is 1. The molecule has 1 aromatic carbocycles. The van der Waals surface area contributed by atoms with E-state index >= 15 is 0 Å². The summed E-state index contributed by atoms with van der Waals surface area (Å²) >= 11 is 0. The van der Waals surface area contributed by atoms with Crippen LogP contribution >= 0.6 is 0 Å². The van der Waals surface area contributed by atoms with Gasteiger partial charge in [0.1, 0.15) is 5.82 Å². The molecule has 9 heteroatoms. The lowest BCUT2D eigenvalue weighted by molar-refractivity contribution is 0.0661. The highest BCUT2D eigenvalue weighted by atomic mass is 32.2. The molecule has 0 aliphatic carbocycles. The number of anilines is 1. The highest BCUT2D eigenvalue weighted by Crippen LogP contribution is 2.21. The van der Waals surface area contributed by atoms with Gasteiger partial charge in [0, 0.05) is 31.5 Å². The Morgan fingerprint density at radius 1 is 1.17 bits per heavy atom. The van der Waals surface area contributed by atoms with E-state index in [-0.39, 0.29) is 17.1 Å². The standard InChI is InChI=1S/C21H28N4O4S/c1-15(2)29-21(26)25-10-8-16(9-11-25)12-23-20-14-22-19(13-24-20)17-4-6-18(7-5-17)30(3,27)28/h4-7,13-16H,8-12H2,1-3H3,(H,23,24). The van der Waals surface area contributed by atoms with E-state index in [4.69, 9.17) is 4.74 Å². The summed E-state index contributed by atoms with van der Waals surface area (Å²) in [6.45, 7) is 5.87. The zero-order valence-electron chi connectivity index (χ0n) is 17.5. The Morgan fingerprint density at radius 2 is 1.83 bits per heavy atom. The van der Waals surface area contributed by atoms with Crippen molar-refractivity contribution in [2.75, 3.05) is 31.2 Å². The predicted octanol–water partition coefficient (Wildman–Crippen LogP) is 3.22. The van der Waals surface area contributed by atoms with Crippen LogP contribution in [0.25, 0.3) is 11.3 Å². The SMILES string of the molecule is CC(C)OC(=O)N1CCC(CNc2cnc(-c3ccc(S(C)(=O)=O)cc3)cn2)CC1. The predicted molar refractivity (Wildman–Crippen MR) is 115 cm³/mol. The molecule has 8 nitrogen and oxygen atoms in total. The molecule has 1 aliphatic heterocycles. The summed E-state index contributed by atoms with van der Waals surface area (Å²) in [5.74, 6) is 1.14. The van der Waals surface area contributed by atoms with Gasteiger partial charge in [-0.25, -0.2) is 18.2 Å². The molecule has 0 atom stereocenters. The van der Waals surface area contributed by atoms with E-state index in [9.17, 15) is 13.2 Å². The number of piperidine rings is 1. The number of rotatable bonds is 6. The minimum absolute atomic E-state index is 0.101. The van der Waals surface area contributed by atoms with Gasteiger partial charge in [-0.2, -0.15) is 0 Å².